The summed E-state index contributed by atoms with van der Waals surface area (Å²) in [6.45, 7) is -2.82. The minimum atomic E-state index is -3.33. The molecule has 0 aliphatic carbocycles. The number of sulfone groups is 1. The van der Waals surface area contributed by atoms with Crippen LogP contribution >= 0.6 is 0 Å². The van der Waals surface area contributed by atoms with Gasteiger partial charge < -0.3 is 15.2 Å². The topological polar surface area (TPSA) is 106 Å². The number of imidazole rings is 1. The van der Waals surface area contributed by atoms with E-state index in [9.17, 15) is 22.3 Å². The largest absolute Gasteiger partial charge is 0.434 e. The fraction of sp³-hybridized carbons (Fsp3) is 0.217. The zero-order valence-corrected chi connectivity index (χ0v) is 18.7. The van der Waals surface area contributed by atoms with Crippen LogP contribution in [0.4, 0.5) is 8.78 Å². The van der Waals surface area contributed by atoms with E-state index < -0.39 is 28.6 Å². The summed E-state index contributed by atoms with van der Waals surface area (Å²) in [5.74, 6) is 0.0137. The summed E-state index contributed by atoms with van der Waals surface area (Å²) in [5, 5.41) is 18.4. The average Bonchev–Trinajstić information content (AvgIpc) is 3.19. The van der Waals surface area contributed by atoms with Crippen molar-refractivity contribution in [3.05, 3.63) is 77.6 Å². The Balaban J connectivity index is 1.64. The smallest absolute Gasteiger partial charge is 0.387 e. The Bertz CT molecular complexity index is 1470. The first kappa shape index (κ1) is 22.4. The SMILES string of the molecule is CS(=O)(=O)c1ccc(-c2ccc3nc4c(n3n2)[C@@H](c2ccccc2OC(F)F)NC[C@@H]4O)cc1. The van der Waals surface area contributed by atoms with E-state index >= 15 is 0 Å². The summed E-state index contributed by atoms with van der Waals surface area (Å²) in [7, 11) is -3.33. The van der Waals surface area contributed by atoms with Gasteiger partial charge in [-0.15, -0.1) is 0 Å². The molecule has 5 rings (SSSR count). The Morgan fingerprint density at radius 3 is 2.56 bits per heavy atom. The van der Waals surface area contributed by atoms with Gasteiger partial charge in [-0.25, -0.2) is 17.9 Å². The second-order valence-electron chi connectivity index (χ2n) is 7.94. The van der Waals surface area contributed by atoms with Crippen LogP contribution in [-0.4, -0.2) is 47.5 Å². The molecule has 0 spiro atoms. The van der Waals surface area contributed by atoms with Gasteiger partial charge in [0.05, 0.1) is 28.0 Å². The molecule has 2 aromatic carbocycles. The molecular formula is C23H20F2N4O4S. The molecule has 8 nitrogen and oxygen atoms in total. The number of rotatable bonds is 5. The van der Waals surface area contributed by atoms with E-state index in [0.29, 0.717) is 33.9 Å². The Morgan fingerprint density at radius 1 is 1.12 bits per heavy atom. The van der Waals surface area contributed by atoms with Gasteiger partial charge in [0.2, 0.25) is 0 Å². The number of benzene rings is 2. The van der Waals surface area contributed by atoms with Gasteiger partial charge in [-0.2, -0.15) is 13.9 Å². The second kappa shape index (κ2) is 8.42. The van der Waals surface area contributed by atoms with E-state index in [4.69, 9.17) is 4.74 Å². The minimum Gasteiger partial charge on any atom is -0.434 e. The van der Waals surface area contributed by atoms with E-state index in [1.807, 2.05) is 0 Å². The highest BCUT2D eigenvalue weighted by Gasteiger charge is 2.34. The van der Waals surface area contributed by atoms with Gasteiger partial charge >= 0.3 is 6.61 Å². The van der Waals surface area contributed by atoms with E-state index in [1.54, 1.807) is 47.0 Å². The molecular weight excluding hydrogens is 466 g/mol. The molecule has 0 bridgehead atoms. The predicted molar refractivity (Wildman–Crippen MR) is 119 cm³/mol. The van der Waals surface area contributed by atoms with E-state index in [0.717, 1.165) is 6.26 Å². The molecule has 176 valence electrons. The standard InChI is InChI=1S/C23H20F2N4O4S/c1-34(31,32)14-8-6-13(7-9-14)16-10-11-19-27-21-17(30)12-26-20(22(21)29(19)28-16)15-4-2-3-5-18(15)33-23(24)25/h2-11,17,20,23,26,30H,12H2,1H3/t17-,20+/m0/s1. The lowest BCUT2D eigenvalue weighted by Crippen LogP contribution is -2.35. The molecule has 2 N–H and O–H groups in total. The highest BCUT2D eigenvalue weighted by atomic mass is 32.2. The fourth-order valence-electron chi connectivity index (χ4n) is 4.11. The lowest BCUT2D eigenvalue weighted by molar-refractivity contribution is -0.0507. The Labute approximate surface area is 193 Å². The monoisotopic (exact) mass is 486 g/mol. The van der Waals surface area contributed by atoms with Gasteiger partial charge in [0.25, 0.3) is 0 Å². The number of hydrogen-bond donors (Lipinski definition) is 2. The molecule has 0 unspecified atom stereocenters. The number of β-amino-alcohol motifs (C(OH)–C–C–N with tert-alkyl or cyclic N) is 1. The molecule has 4 aromatic rings. The quantitative estimate of drug-likeness (QED) is 0.447. The molecule has 0 radical (unpaired) electrons. The van der Waals surface area contributed by atoms with Crippen molar-refractivity contribution in [2.24, 2.45) is 0 Å². The van der Waals surface area contributed by atoms with Crippen LogP contribution in [0.2, 0.25) is 0 Å². The Morgan fingerprint density at radius 2 is 1.85 bits per heavy atom. The van der Waals surface area contributed by atoms with E-state index in [-0.39, 0.29) is 17.2 Å². The third-order valence-corrected chi connectivity index (χ3v) is 6.80. The summed E-state index contributed by atoms with van der Waals surface area (Å²) in [4.78, 5) is 4.72. The van der Waals surface area contributed by atoms with Crippen molar-refractivity contribution in [2.75, 3.05) is 12.8 Å². The van der Waals surface area contributed by atoms with Gasteiger partial charge in [-0.05, 0) is 30.3 Å². The summed E-state index contributed by atoms with van der Waals surface area (Å²) in [6.07, 6.45) is 0.228. The van der Waals surface area contributed by atoms with Crippen LogP contribution in [0.3, 0.4) is 0 Å². The van der Waals surface area contributed by atoms with Gasteiger partial charge in [-0.1, -0.05) is 30.3 Å². The van der Waals surface area contributed by atoms with Crippen LogP contribution in [0.15, 0.2) is 65.6 Å². The third kappa shape index (κ3) is 4.02. The van der Waals surface area contributed by atoms with Crippen LogP contribution < -0.4 is 10.1 Å². The maximum atomic E-state index is 13.0. The van der Waals surface area contributed by atoms with Gasteiger partial charge in [-0.3, -0.25) is 0 Å². The number of nitrogens with one attached hydrogen (secondary N) is 1. The lowest BCUT2D eigenvalue weighted by atomic mass is 9.96. The first-order valence-corrected chi connectivity index (χ1v) is 12.3. The molecule has 2 aromatic heterocycles. The summed E-state index contributed by atoms with van der Waals surface area (Å²) < 4.78 is 55.8. The van der Waals surface area contributed by atoms with Crippen LogP contribution in [0.1, 0.15) is 29.1 Å². The molecule has 11 heteroatoms. The third-order valence-electron chi connectivity index (χ3n) is 5.67. The van der Waals surface area contributed by atoms with Crippen molar-refractivity contribution in [2.45, 2.75) is 23.7 Å². The molecule has 0 saturated heterocycles. The van der Waals surface area contributed by atoms with Crippen LogP contribution in [0.5, 0.6) is 5.75 Å². The summed E-state index contributed by atoms with van der Waals surface area (Å²) >= 11 is 0. The molecule has 34 heavy (non-hydrogen) atoms. The number of aliphatic hydroxyl groups excluding tert-OH is 1. The number of para-hydroxylation sites is 1. The van der Waals surface area contributed by atoms with Crippen molar-refractivity contribution in [1.82, 2.24) is 19.9 Å². The summed E-state index contributed by atoms with van der Waals surface area (Å²) in [5.41, 5.74) is 3.06. The lowest BCUT2D eigenvalue weighted by Gasteiger charge is -2.28. The molecule has 1 aliphatic heterocycles. The number of ether oxygens (including phenoxy) is 1. The molecule has 1 aliphatic rings. The number of aliphatic hydroxyl groups is 1. The van der Waals surface area contributed by atoms with Crippen molar-refractivity contribution in [3.63, 3.8) is 0 Å². The average molecular weight is 487 g/mol. The predicted octanol–water partition coefficient (Wildman–Crippen LogP) is 3.13. The zero-order valence-electron chi connectivity index (χ0n) is 17.9. The zero-order chi connectivity index (χ0) is 24.0. The molecule has 3 heterocycles. The molecule has 0 fully saturated rings. The van der Waals surface area contributed by atoms with E-state index in [1.165, 1.54) is 18.2 Å². The van der Waals surface area contributed by atoms with Crippen molar-refractivity contribution >= 4 is 15.5 Å². The van der Waals surface area contributed by atoms with Crippen LogP contribution in [0, 0.1) is 0 Å². The first-order valence-electron chi connectivity index (χ1n) is 10.4. The molecule has 0 saturated carbocycles. The fourth-order valence-corrected chi connectivity index (χ4v) is 4.74. The van der Waals surface area contributed by atoms with Crippen LogP contribution in [-0.2, 0) is 9.84 Å². The van der Waals surface area contributed by atoms with Gasteiger partial charge in [0.15, 0.2) is 15.5 Å². The molecule has 2 atom stereocenters. The summed E-state index contributed by atoms with van der Waals surface area (Å²) in [6, 6.07) is 15.6. The Hall–Kier alpha value is -3.41. The number of hydrogen-bond acceptors (Lipinski definition) is 7. The maximum Gasteiger partial charge on any atom is 0.387 e. The maximum absolute atomic E-state index is 13.0. The van der Waals surface area contributed by atoms with Crippen molar-refractivity contribution in [3.8, 4) is 17.0 Å². The normalized spacial score (nSPS) is 18.3. The van der Waals surface area contributed by atoms with Gasteiger partial charge in [0, 0.05) is 23.9 Å². The van der Waals surface area contributed by atoms with Crippen molar-refractivity contribution < 1.29 is 27.0 Å². The highest BCUT2D eigenvalue weighted by molar-refractivity contribution is 7.90. The van der Waals surface area contributed by atoms with Crippen molar-refractivity contribution in [1.29, 1.82) is 0 Å². The van der Waals surface area contributed by atoms with Gasteiger partial charge in [0.1, 0.15) is 11.9 Å². The number of fused-ring (bicyclic) bond motifs is 3. The number of alkyl halides is 2. The number of nitrogens with zero attached hydrogens (tertiary/aromatic N) is 3. The highest BCUT2D eigenvalue weighted by Crippen LogP contribution is 2.37. The second-order valence-corrected chi connectivity index (χ2v) is 9.96. The number of halogens is 2. The van der Waals surface area contributed by atoms with E-state index in [2.05, 4.69) is 15.4 Å². The number of aromatic nitrogens is 3. The Kier molecular flexibility index (Phi) is 5.54. The molecule has 0 amide bonds. The first-order chi connectivity index (χ1) is 16.2. The van der Waals surface area contributed by atoms with Crippen LogP contribution in [0.25, 0.3) is 16.9 Å². The minimum absolute atomic E-state index is 0.0137.